The smallest absolute Gasteiger partial charge is 0.237 e. The van der Waals surface area contributed by atoms with Crippen LogP contribution in [0.25, 0.3) is 0 Å². The molecule has 3 N–H and O–H groups in total. The van der Waals surface area contributed by atoms with Crippen molar-refractivity contribution in [3.05, 3.63) is 35.4 Å². The van der Waals surface area contributed by atoms with Crippen LogP contribution in [0.1, 0.15) is 51.8 Å². The van der Waals surface area contributed by atoms with Crippen molar-refractivity contribution in [3.8, 4) is 0 Å². The summed E-state index contributed by atoms with van der Waals surface area (Å²) < 4.78 is 0. The minimum atomic E-state index is -0.475. The van der Waals surface area contributed by atoms with Gasteiger partial charge in [0.05, 0.1) is 12.1 Å². The van der Waals surface area contributed by atoms with Gasteiger partial charge in [-0.05, 0) is 36.3 Å². The van der Waals surface area contributed by atoms with Crippen molar-refractivity contribution >= 4 is 18.3 Å². The fraction of sp³-hybridized carbons (Fsp3) is 0.588. The number of nitrogens with one attached hydrogen (secondary N) is 1. The molecule has 0 aliphatic carbocycles. The van der Waals surface area contributed by atoms with Crippen molar-refractivity contribution in [3.63, 3.8) is 0 Å². The zero-order chi connectivity index (χ0) is 15.3. The van der Waals surface area contributed by atoms with Gasteiger partial charge < -0.3 is 11.1 Å². The Labute approximate surface area is 135 Å². The number of hydrogen-bond acceptors (Lipinski definition) is 2. The molecule has 0 aromatic heterocycles. The van der Waals surface area contributed by atoms with E-state index >= 15 is 0 Å². The van der Waals surface area contributed by atoms with Gasteiger partial charge in [0.25, 0.3) is 0 Å². The summed E-state index contributed by atoms with van der Waals surface area (Å²) in [6.45, 7) is 10.3. The normalized spacial score (nSPS) is 13.7. The Morgan fingerprint density at radius 2 is 1.62 bits per heavy atom. The maximum absolute atomic E-state index is 11.8. The second-order valence-electron chi connectivity index (χ2n) is 6.36. The van der Waals surface area contributed by atoms with Crippen LogP contribution in [0, 0.1) is 11.8 Å². The number of nitrogens with two attached hydrogens (primary N) is 1. The monoisotopic (exact) mass is 312 g/mol. The molecule has 120 valence electrons. The van der Waals surface area contributed by atoms with Crippen LogP contribution in [0.15, 0.2) is 24.3 Å². The first-order valence-corrected chi connectivity index (χ1v) is 7.46. The molecule has 0 fully saturated rings. The Kier molecular flexibility index (Phi) is 8.60. The van der Waals surface area contributed by atoms with E-state index in [1.807, 2.05) is 0 Å². The van der Waals surface area contributed by atoms with E-state index in [0.717, 1.165) is 12.0 Å². The SMILES string of the molecule is CC(C)Cc1ccc(C(NC(=O)[C@H](C)N)C(C)C)cc1.Cl. The Bertz CT molecular complexity index is 427. The van der Waals surface area contributed by atoms with E-state index in [9.17, 15) is 4.79 Å². The van der Waals surface area contributed by atoms with Crippen molar-refractivity contribution in [2.24, 2.45) is 17.6 Å². The zero-order valence-corrected chi connectivity index (χ0v) is 14.5. The van der Waals surface area contributed by atoms with Gasteiger partial charge in [0.2, 0.25) is 5.91 Å². The van der Waals surface area contributed by atoms with Gasteiger partial charge in [-0.25, -0.2) is 0 Å². The van der Waals surface area contributed by atoms with Crippen LogP contribution in [-0.4, -0.2) is 11.9 Å². The summed E-state index contributed by atoms with van der Waals surface area (Å²) in [7, 11) is 0. The highest BCUT2D eigenvalue weighted by molar-refractivity contribution is 5.85. The lowest BCUT2D eigenvalue weighted by atomic mass is 9.93. The van der Waals surface area contributed by atoms with Crippen molar-refractivity contribution in [2.75, 3.05) is 0 Å². The van der Waals surface area contributed by atoms with Crippen LogP contribution in [0.5, 0.6) is 0 Å². The van der Waals surface area contributed by atoms with Gasteiger partial charge in [0, 0.05) is 0 Å². The first-order valence-electron chi connectivity index (χ1n) is 7.46. The fourth-order valence-corrected chi connectivity index (χ4v) is 2.25. The molecule has 21 heavy (non-hydrogen) atoms. The van der Waals surface area contributed by atoms with E-state index in [1.165, 1.54) is 5.56 Å². The van der Waals surface area contributed by atoms with Gasteiger partial charge in [-0.15, -0.1) is 12.4 Å². The summed E-state index contributed by atoms with van der Waals surface area (Å²) >= 11 is 0. The summed E-state index contributed by atoms with van der Waals surface area (Å²) in [5, 5.41) is 3.03. The lowest BCUT2D eigenvalue weighted by Crippen LogP contribution is -2.41. The number of carbonyl (C=O) groups excluding carboxylic acids is 1. The van der Waals surface area contributed by atoms with Crippen LogP contribution in [0.4, 0.5) is 0 Å². The van der Waals surface area contributed by atoms with E-state index in [-0.39, 0.29) is 24.4 Å². The predicted molar refractivity (Wildman–Crippen MR) is 91.6 cm³/mol. The highest BCUT2D eigenvalue weighted by Gasteiger charge is 2.19. The molecule has 1 rings (SSSR count). The number of hydrogen-bond donors (Lipinski definition) is 2. The molecule has 0 saturated carbocycles. The number of rotatable bonds is 6. The summed E-state index contributed by atoms with van der Waals surface area (Å²) in [5.74, 6) is 0.878. The molecule has 4 heteroatoms. The molecule has 0 radical (unpaired) electrons. The van der Waals surface area contributed by atoms with Crippen molar-refractivity contribution in [2.45, 2.75) is 53.1 Å². The van der Waals surface area contributed by atoms with Gasteiger partial charge >= 0.3 is 0 Å². The van der Waals surface area contributed by atoms with Crippen LogP contribution in [0.3, 0.4) is 0 Å². The van der Waals surface area contributed by atoms with E-state index in [4.69, 9.17) is 5.73 Å². The summed E-state index contributed by atoms with van der Waals surface area (Å²) in [4.78, 5) is 11.8. The standard InChI is InChI=1S/C17H28N2O.ClH/c1-11(2)10-14-6-8-15(9-7-14)16(12(3)4)19-17(20)13(5)18;/h6-9,11-13,16H,10,18H2,1-5H3,(H,19,20);1H/t13-,16?;/m0./s1. The Hall–Kier alpha value is -1.06. The lowest BCUT2D eigenvalue weighted by molar-refractivity contribution is -0.123. The maximum atomic E-state index is 11.8. The summed E-state index contributed by atoms with van der Waals surface area (Å²) in [6, 6.07) is 8.08. The van der Waals surface area contributed by atoms with Crippen LogP contribution < -0.4 is 11.1 Å². The molecule has 1 amide bonds. The van der Waals surface area contributed by atoms with Crippen LogP contribution in [-0.2, 0) is 11.2 Å². The molecule has 0 aliphatic rings. The van der Waals surface area contributed by atoms with Gasteiger partial charge in [-0.3, -0.25) is 4.79 Å². The molecule has 1 unspecified atom stereocenters. The Balaban J connectivity index is 0.00000400. The maximum Gasteiger partial charge on any atom is 0.237 e. The van der Waals surface area contributed by atoms with Crippen LogP contribution >= 0.6 is 12.4 Å². The topological polar surface area (TPSA) is 55.1 Å². The molecule has 2 atom stereocenters. The minimum absolute atomic E-state index is 0. The Morgan fingerprint density at radius 1 is 1.10 bits per heavy atom. The second kappa shape index (κ2) is 9.06. The van der Waals surface area contributed by atoms with Crippen LogP contribution in [0.2, 0.25) is 0 Å². The third kappa shape index (κ3) is 6.49. The molecule has 0 saturated heterocycles. The van der Waals surface area contributed by atoms with E-state index in [0.29, 0.717) is 11.8 Å². The molecule has 1 aromatic rings. The van der Waals surface area contributed by atoms with Crippen molar-refractivity contribution in [1.29, 1.82) is 0 Å². The molecule has 0 heterocycles. The molecular formula is C17H29ClN2O. The largest absolute Gasteiger partial charge is 0.348 e. The number of amides is 1. The number of carbonyl (C=O) groups is 1. The number of halogens is 1. The van der Waals surface area contributed by atoms with Gasteiger partial charge in [-0.1, -0.05) is 52.0 Å². The molecule has 1 aromatic carbocycles. The first-order chi connectivity index (χ1) is 9.31. The van der Waals surface area contributed by atoms with E-state index < -0.39 is 6.04 Å². The van der Waals surface area contributed by atoms with E-state index in [1.54, 1.807) is 6.92 Å². The summed E-state index contributed by atoms with van der Waals surface area (Å²) in [5.41, 5.74) is 8.11. The fourth-order valence-electron chi connectivity index (χ4n) is 2.25. The molecule has 0 spiro atoms. The Morgan fingerprint density at radius 3 is 2.00 bits per heavy atom. The molecule has 0 aliphatic heterocycles. The predicted octanol–water partition coefficient (Wildman–Crippen LogP) is 3.47. The first kappa shape index (κ1) is 19.9. The molecular weight excluding hydrogens is 284 g/mol. The second-order valence-corrected chi connectivity index (χ2v) is 6.36. The van der Waals surface area contributed by atoms with E-state index in [2.05, 4.69) is 57.3 Å². The van der Waals surface area contributed by atoms with Gasteiger partial charge in [-0.2, -0.15) is 0 Å². The highest BCUT2D eigenvalue weighted by atomic mass is 35.5. The lowest BCUT2D eigenvalue weighted by Gasteiger charge is -2.24. The molecule has 0 bridgehead atoms. The third-order valence-corrected chi connectivity index (χ3v) is 3.36. The highest BCUT2D eigenvalue weighted by Crippen LogP contribution is 2.22. The zero-order valence-electron chi connectivity index (χ0n) is 13.7. The molecule has 3 nitrogen and oxygen atoms in total. The third-order valence-electron chi connectivity index (χ3n) is 3.36. The van der Waals surface area contributed by atoms with Crippen molar-refractivity contribution < 1.29 is 4.79 Å². The average Bonchev–Trinajstić information content (AvgIpc) is 2.35. The van der Waals surface area contributed by atoms with Gasteiger partial charge in [0.1, 0.15) is 0 Å². The quantitative estimate of drug-likeness (QED) is 0.845. The minimum Gasteiger partial charge on any atom is -0.348 e. The number of benzene rings is 1. The average molecular weight is 313 g/mol. The summed E-state index contributed by atoms with van der Waals surface area (Å²) in [6.07, 6.45) is 1.08. The van der Waals surface area contributed by atoms with Gasteiger partial charge in [0.15, 0.2) is 0 Å². The van der Waals surface area contributed by atoms with Crippen molar-refractivity contribution in [1.82, 2.24) is 5.32 Å².